The lowest BCUT2D eigenvalue weighted by Gasteiger charge is -2.13. The average molecular weight is 389 g/mol. The van der Waals surface area contributed by atoms with Crippen LogP contribution in [-0.2, 0) is 14.8 Å². The molecule has 126 valence electrons. The number of aromatic nitrogens is 1. The van der Waals surface area contributed by atoms with Crippen LogP contribution in [0.3, 0.4) is 0 Å². The van der Waals surface area contributed by atoms with Gasteiger partial charge in [0.1, 0.15) is 6.07 Å². The average Bonchev–Trinajstić information content (AvgIpc) is 2.81. The number of carbonyl (C=O) groups excluding carboxylic acids is 1. The normalized spacial score (nSPS) is 11.1. The molecule has 0 fully saturated rings. The van der Waals surface area contributed by atoms with Gasteiger partial charge in [-0.05, 0) is 12.1 Å². The van der Waals surface area contributed by atoms with Crippen LogP contribution in [-0.4, -0.2) is 26.1 Å². The summed E-state index contributed by atoms with van der Waals surface area (Å²) in [5.74, 6) is -0.823. The molecule has 0 radical (unpaired) electrons. The highest BCUT2D eigenvalue weighted by molar-refractivity contribution is 7.89. The van der Waals surface area contributed by atoms with Crippen molar-refractivity contribution in [3.05, 3.63) is 39.6 Å². The summed E-state index contributed by atoms with van der Waals surface area (Å²) >= 11 is 12.2. The van der Waals surface area contributed by atoms with E-state index in [1.54, 1.807) is 0 Å². The number of esters is 1. The van der Waals surface area contributed by atoms with Gasteiger partial charge in [0.15, 0.2) is 5.69 Å². The zero-order chi connectivity index (χ0) is 18.2. The number of nitrogens with zero attached hydrogens (tertiary/aromatic N) is 2. The molecule has 2 aromatic rings. The van der Waals surface area contributed by atoms with Gasteiger partial charge in [-0.25, -0.2) is 18.4 Å². The molecule has 0 amide bonds. The van der Waals surface area contributed by atoms with E-state index >= 15 is 0 Å². The number of nitrogen functional groups attached to an aromatic ring is 1. The monoisotopic (exact) mass is 388 g/mol. The maximum atomic E-state index is 12.0. The lowest BCUT2D eigenvalue weighted by Crippen LogP contribution is -2.14. The molecule has 0 atom stereocenters. The second kappa shape index (κ2) is 6.33. The lowest BCUT2D eigenvalue weighted by molar-refractivity contribution is 0.0593. The second-order valence-corrected chi connectivity index (χ2v) is 6.93. The van der Waals surface area contributed by atoms with E-state index in [4.69, 9.17) is 39.3 Å². The smallest absolute Gasteiger partial charge is 0.357 e. The number of ether oxygens (including phenoxy) is 1. The number of carbonyl (C=O) groups is 1. The highest BCUT2D eigenvalue weighted by Crippen LogP contribution is 2.35. The van der Waals surface area contributed by atoms with Gasteiger partial charge in [0.2, 0.25) is 10.0 Å². The highest BCUT2D eigenvalue weighted by Gasteiger charge is 2.25. The summed E-state index contributed by atoms with van der Waals surface area (Å²) in [4.78, 5) is 11.7. The van der Waals surface area contributed by atoms with E-state index in [2.05, 4.69) is 4.74 Å². The molecule has 1 aromatic heterocycles. The maximum absolute atomic E-state index is 12.0. The molecule has 2 rings (SSSR count). The van der Waals surface area contributed by atoms with Crippen molar-refractivity contribution in [2.75, 3.05) is 12.8 Å². The molecule has 0 aliphatic rings. The van der Waals surface area contributed by atoms with Gasteiger partial charge in [-0.15, -0.1) is 0 Å². The number of halogens is 2. The third-order valence-corrected chi connectivity index (χ3v) is 4.57. The molecule has 1 aromatic carbocycles. The van der Waals surface area contributed by atoms with Gasteiger partial charge in [-0.2, -0.15) is 5.26 Å². The lowest BCUT2D eigenvalue weighted by atomic mass is 10.2. The number of primary sulfonamides is 1. The Hall–Kier alpha value is -2.25. The fourth-order valence-corrected chi connectivity index (χ4v) is 3.39. The number of methoxy groups -OCH3 is 1. The topological polar surface area (TPSA) is 141 Å². The molecule has 0 aliphatic carbocycles. The number of nitrogens with two attached hydrogens (primary N) is 2. The van der Waals surface area contributed by atoms with Crippen LogP contribution in [0.2, 0.25) is 10.0 Å². The van der Waals surface area contributed by atoms with Crippen molar-refractivity contribution in [1.82, 2.24) is 4.57 Å². The summed E-state index contributed by atoms with van der Waals surface area (Å²) in [5, 5.41) is 13.9. The molecule has 11 heteroatoms. The van der Waals surface area contributed by atoms with E-state index < -0.39 is 16.0 Å². The molecule has 0 bridgehead atoms. The summed E-state index contributed by atoms with van der Waals surface area (Å²) in [6.07, 6.45) is 1.24. The van der Waals surface area contributed by atoms with Crippen LogP contribution in [0.15, 0.2) is 23.2 Å². The molecule has 0 spiro atoms. The van der Waals surface area contributed by atoms with Crippen LogP contribution in [0.4, 0.5) is 5.69 Å². The molecule has 0 saturated heterocycles. The number of benzene rings is 1. The molecule has 8 nitrogen and oxygen atoms in total. The summed E-state index contributed by atoms with van der Waals surface area (Å²) in [7, 11) is -2.89. The van der Waals surface area contributed by atoms with Crippen molar-refractivity contribution in [3.63, 3.8) is 0 Å². The number of anilines is 1. The molecule has 0 aliphatic heterocycles. The molecule has 0 unspecified atom stereocenters. The van der Waals surface area contributed by atoms with Crippen LogP contribution in [0.1, 0.15) is 16.1 Å². The Bertz CT molecular complexity index is 969. The van der Waals surface area contributed by atoms with Gasteiger partial charge in [0, 0.05) is 6.20 Å². The van der Waals surface area contributed by atoms with Crippen LogP contribution < -0.4 is 10.9 Å². The fraction of sp³-hybridized carbons (Fsp3) is 0.0769. The number of nitriles is 1. The van der Waals surface area contributed by atoms with E-state index in [0.29, 0.717) is 0 Å². The SMILES string of the molecule is COC(=O)c1c(N)c(C#N)cn1-c1c(Cl)cc(S(N)(=O)=O)cc1Cl. The number of hydrogen-bond donors (Lipinski definition) is 2. The molecule has 4 N–H and O–H groups in total. The van der Waals surface area contributed by atoms with E-state index in [0.717, 1.165) is 23.8 Å². The Morgan fingerprint density at radius 1 is 1.33 bits per heavy atom. The van der Waals surface area contributed by atoms with E-state index in [1.165, 1.54) is 6.20 Å². The Morgan fingerprint density at radius 2 is 1.88 bits per heavy atom. The first kappa shape index (κ1) is 18.1. The first-order valence-corrected chi connectivity index (χ1v) is 8.43. The minimum Gasteiger partial charge on any atom is -0.464 e. The Kier molecular flexibility index (Phi) is 4.77. The largest absolute Gasteiger partial charge is 0.464 e. The van der Waals surface area contributed by atoms with Crippen LogP contribution in [0.25, 0.3) is 5.69 Å². The first-order chi connectivity index (χ1) is 11.1. The quantitative estimate of drug-likeness (QED) is 0.765. The van der Waals surface area contributed by atoms with Gasteiger partial charge in [-0.1, -0.05) is 23.2 Å². The van der Waals surface area contributed by atoms with Gasteiger partial charge in [0.25, 0.3) is 0 Å². The second-order valence-electron chi connectivity index (χ2n) is 4.56. The van der Waals surface area contributed by atoms with Crippen LogP contribution >= 0.6 is 23.2 Å². The van der Waals surface area contributed by atoms with E-state index in [9.17, 15) is 13.2 Å². The Morgan fingerprint density at radius 3 is 2.29 bits per heavy atom. The third-order valence-electron chi connectivity index (χ3n) is 3.10. The number of sulfonamides is 1. The van der Waals surface area contributed by atoms with Gasteiger partial charge in [0.05, 0.1) is 39.0 Å². The Balaban J connectivity index is 2.83. The summed E-state index contributed by atoms with van der Waals surface area (Å²) in [5.41, 5.74) is 5.55. The molecule has 1 heterocycles. The fourth-order valence-electron chi connectivity index (χ4n) is 2.03. The predicted octanol–water partition coefficient (Wildman–Crippen LogP) is 1.67. The summed E-state index contributed by atoms with van der Waals surface area (Å²) in [6, 6.07) is 3.97. The minimum atomic E-state index is -4.03. The predicted molar refractivity (Wildman–Crippen MR) is 87.6 cm³/mol. The Labute approximate surface area is 147 Å². The minimum absolute atomic E-state index is 0.00180. The van der Waals surface area contributed by atoms with Crippen LogP contribution in [0, 0.1) is 11.3 Å². The van der Waals surface area contributed by atoms with Gasteiger partial charge < -0.3 is 15.0 Å². The van der Waals surface area contributed by atoms with Crippen LogP contribution in [0.5, 0.6) is 0 Å². The zero-order valence-corrected chi connectivity index (χ0v) is 14.4. The van der Waals surface area contributed by atoms with Crippen molar-refractivity contribution in [1.29, 1.82) is 5.26 Å². The highest BCUT2D eigenvalue weighted by atomic mass is 35.5. The maximum Gasteiger partial charge on any atom is 0.357 e. The number of hydrogen-bond acceptors (Lipinski definition) is 6. The van der Waals surface area contributed by atoms with Crippen molar-refractivity contribution in [2.24, 2.45) is 5.14 Å². The van der Waals surface area contributed by atoms with Crippen molar-refractivity contribution < 1.29 is 17.9 Å². The molecular weight excluding hydrogens is 379 g/mol. The zero-order valence-electron chi connectivity index (χ0n) is 12.1. The summed E-state index contributed by atoms with van der Waals surface area (Å²) in [6.45, 7) is 0. The molecular formula is C13H10Cl2N4O4S. The first-order valence-electron chi connectivity index (χ1n) is 6.13. The number of rotatable bonds is 3. The van der Waals surface area contributed by atoms with Crippen molar-refractivity contribution in [3.8, 4) is 11.8 Å². The van der Waals surface area contributed by atoms with Gasteiger partial charge >= 0.3 is 5.97 Å². The standard InChI is InChI=1S/C13H10Cl2N4O4S/c1-23-13(20)12-10(17)6(4-16)5-19(12)11-8(14)2-7(3-9(11)15)24(18,21)22/h2-3,5H,17H2,1H3,(H2,18,21,22). The molecule has 24 heavy (non-hydrogen) atoms. The van der Waals surface area contributed by atoms with Crippen molar-refractivity contribution in [2.45, 2.75) is 4.90 Å². The van der Waals surface area contributed by atoms with Gasteiger partial charge in [-0.3, -0.25) is 0 Å². The third kappa shape index (κ3) is 3.05. The van der Waals surface area contributed by atoms with Crippen molar-refractivity contribution >= 4 is 44.9 Å². The van der Waals surface area contributed by atoms with E-state index in [-0.39, 0.29) is 37.6 Å². The van der Waals surface area contributed by atoms with E-state index in [1.807, 2.05) is 6.07 Å². The molecule has 0 saturated carbocycles. The summed E-state index contributed by atoms with van der Waals surface area (Å²) < 4.78 is 28.7.